The van der Waals surface area contributed by atoms with Crippen LogP contribution in [0.25, 0.3) is 0 Å². The lowest BCUT2D eigenvalue weighted by molar-refractivity contribution is 0.0955. The molecule has 30 heavy (non-hydrogen) atoms. The summed E-state index contributed by atoms with van der Waals surface area (Å²) in [7, 11) is 0. The molecule has 0 spiro atoms. The van der Waals surface area contributed by atoms with Gasteiger partial charge in [0.2, 0.25) is 0 Å². The van der Waals surface area contributed by atoms with Crippen molar-refractivity contribution in [3.05, 3.63) is 86.3 Å². The number of carbonyl (C=O) groups excluding carboxylic acids is 1. The highest BCUT2D eigenvalue weighted by Crippen LogP contribution is 2.21. The predicted octanol–water partition coefficient (Wildman–Crippen LogP) is 4.83. The van der Waals surface area contributed by atoms with Crippen molar-refractivity contribution in [2.24, 2.45) is 10.2 Å². The molecule has 0 aliphatic carbocycles. The summed E-state index contributed by atoms with van der Waals surface area (Å²) in [4.78, 5) is 12.3. The lowest BCUT2D eigenvalue weighted by Crippen LogP contribution is -2.17. The van der Waals surface area contributed by atoms with E-state index < -0.39 is 5.91 Å². The molecule has 0 radical (unpaired) electrons. The lowest BCUT2D eigenvalue weighted by Gasteiger charge is -2.04. The van der Waals surface area contributed by atoms with Gasteiger partial charge in [0.15, 0.2) is 0 Å². The van der Waals surface area contributed by atoms with E-state index in [-0.39, 0.29) is 11.5 Å². The number of halogens is 2. The molecule has 1 amide bonds. The maximum absolute atomic E-state index is 12.3. The summed E-state index contributed by atoms with van der Waals surface area (Å²) < 4.78 is 1.60. The first-order chi connectivity index (χ1) is 14.4. The second-order valence-electron chi connectivity index (χ2n) is 6.06. The lowest BCUT2D eigenvalue weighted by atomic mass is 10.2. The summed E-state index contributed by atoms with van der Waals surface area (Å²) in [5, 5.41) is 27.6. The first-order valence-electron chi connectivity index (χ1n) is 8.62. The maximum atomic E-state index is 12.3. The first kappa shape index (κ1) is 21.5. The molecule has 0 heterocycles. The summed E-state index contributed by atoms with van der Waals surface area (Å²) in [5.74, 6) is -0.263. The zero-order valence-corrected chi connectivity index (χ0v) is 18.6. The Hall–Kier alpha value is -3.17. The quantitative estimate of drug-likeness (QED) is 0.270. The van der Waals surface area contributed by atoms with Gasteiger partial charge in [-0.25, -0.2) is 5.43 Å². The molecule has 3 aromatic carbocycles. The fourth-order valence-corrected chi connectivity index (χ4v) is 3.15. The van der Waals surface area contributed by atoms with Crippen LogP contribution in [-0.2, 0) is 0 Å². The monoisotopic (exact) mass is 530 g/mol. The van der Waals surface area contributed by atoms with E-state index in [2.05, 4.69) is 52.9 Å². The number of rotatable bonds is 6. The summed E-state index contributed by atoms with van der Waals surface area (Å²) in [6, 6.07) is 16.6. The zero-order valence-electron chi connectivity index (χ0n) is 15.4. The third-order valence-electron chi connectivity index (χ3n) is 3.87. The van der Waals surface area contributed by atoms with Crippen molar-refractivity contribution >= 4 is 55.9 Å². The average Bonchev–Trinajstić information content (AvgIpc) is 2.73. The van der Waals surface area contributed by atoms with E-state index >= 15 is 0 Å². The molecule has 0 aliphatic heterocycles. The van der Waals surface area contributed by atoms with Gasteiger partial charge in [0.25, 0.3) is 5.91 Å². The van der Waals surface area contributed by atoms with Crippen LogP contribution in [0.2, 0.25) is 0 Å². The molecule has 3 aromatic rings. The van der Waals surface area contributed by atoms with E-state index in [9.17, 15) is 15.0 Å². The number of hydrogen-bond acceptors (Lipinski definition) is 6. The van der Waals surface area contributed by atoms with E-state index in [0.29, 0.717) is 22.4 Å². The Bertz CT molecular complexity index is 1130. The highest BCUT2D eigenvalue weighted by molar-refractivity contribution is 9.10. The zero-order chi connectivity index (χ0) is 21.5. The number of nitrogens with one attached hydrogen (secondary N) is 2. The molecule has 7 nitrogen and oxygen atoms in total. The number of hydrazone groups is 2. The van der Waals surface area contributed by atoms with Crippen molar-refractivity contribution in [1.29, 1.82) is 0 Å². The highest BCUT2D eigenvalue weighted by atomic mass is 79.9. The van der Waals surface area contributed by atoms with Crippen LogP contribution in [0.5, 0.6) is 11.5 Å². The molecular formula is C21H16Br2N4O3. The largest absolute Gasteiger partial charge is 0.507 e. The predicted molar refractivity (Wildman–Crippen MR) is 124 cm³/mol. The Morgan fingerprint density at radius 3 is 2.07 bits per heavy atom. The van der Waals surface area contributed by atoms with E-state index in [1.165, 1.54) is 18.5 Å². The van der Waals surface area contributed by atoms with Crippen LogP contribution in [-0.4, -0.2) is 28.5 Å². The molecule has 152 valence electrons. The van der Waals surface area contributed by atoms with Gasteiger partial charge in [-0.15, -0.1) is 0 Å². The molecule has 0 unspecified atom stereocenters. The van der Waals surface area contributed by atoms with Crippen LogP contribution >= 0.6 is 31.9 Å². The summed E-state index contributed by atoms with van der Waals surface area (Å²) in [6.07, 6.45) is 2.83. The Labute approximate surface area is 189 Å². The van der Waals surface area contributed by atoms with Gasteiger partial charge < -0.3 is 10.2 Å². The van der Waals surface area contributed by atoms with Crippen LogP contribution in [0, 0.1) is 0 Å². The van der Waals surface area contributed by atoms with Gasteiger partial charge >= 0.3 is 0 Å². The summed E-state index contributed by atoms with van der Waals surface area (Å²) in [6.45, 7) is 0. The minimum Gasteiger partial charge on any atom is -0.507 e. The molecule has 0 saturated carbocycles. The molecule has 0 aliphatic rings. The summed E-state index contributed by atoms with van der Waals surface area (Å²) >= 11 is 6.65. The minimum atomic E-state index is -0.419. The maximum Gasteiger partial charge on any atom is 0.271 e. The van der Waals surface area contributed by atoms with Crippen LogP contribution in [0.3, 0.4) is 0 Å². The van der Waals surface area contributed by atoms with E-state index in [1.807, 2.05) is 0 Å². The number of anilines is 1. The Kier molecular flexibility index (Phi) is 7.21. The van der Waals surface area contributed by atoms with Crippen LogP contribution < -0.4 is 10.9 Å². The standard InChI is InChI=1S/C21H16Br2N4O3/c22-16-4-6-19(28)14(8-16)11-24-26-18-3-1-2-13(10-18)21(30)27-25-12-15-9-17(23)5-7-20(15)29/h1-12,26,28-29H,(H,27,30)/b24-11+,25-12+. The van der Waals surface area contributed by atoms with Crippen molar-refractivity contribution in [2.45, 2.75) is 0 Å². The van der Waals surface area contributed by atoms with Crippen molar-refractivity contribution in [1.82, 2.24) is 5.43 Å². The smallest absolute Gasteiger partial charge is 0.271 e. The SMILES string of the molecule is O=C(N/N=C/c1cc(Br)ccc1O)c1cccc(N/N=C/c2cc(Br)ccc2O)c1. The molecule has 0 aromatic heterocycles. The number of aromatic hydroxyl groups is 2. The van der Waals surface area contributed by atoms with Crippen molar-refractivity contribution in [2.75, 3.05) is 5.43 Å². The number of amides is 1. The molecule has 0 atom stereocenters. The molecule has 4 N–H and O–H groups in total. The number of hydrogen-bond donors (Lipinski definition) is 4. The van der Waals surface area contributed by atoms with Gasteiger partial charge in [-0.2, -0.15) is 10.2 Å². The Morgan fingerprint density at radius 2 is 1.43 bits per heavy atom. The molecule has 9 heteroatoms. The van der Waals surface area contributed by atoms with Gasteiger partial charge in [0.05, 0.1) is 18.1 Å². The van der Waals surface area contributed by atoms with Gasteiger partial charge in [0.1, 0.15) is 11.5 Å². The number of nitrogens with zero attached hydrogens (tertiary/aromatic N) is 2. The van der Waals surface area contributed by atoms with Gasteiger partial charge in [-0.05, 0) is 54.6 Å². The van der Waals surface area contributed by atoms with Crippen LogP contribution in [0.1, 0.15) is 21.5 Å². The fourth-order valence-electron chi connectivity index (χ4n) is 2.39. The molecule has 0 bridgehead atoms. The first-order valence-corrected chi connectivity index (χ1v) is 10.2. The second kappa shape index (κ2) is 10.0. The number of carbonyl (C=O) groups is 1. The van der Waals surface area contributed by atoms with Crippen molar-refractivity contribution in [3.8, 4) is 11.5 Å². The Balaban J connectivity index is 1.63. The Morgan fingerprint density at radius 1 is 0.833 bits per heavy atom. The normalized spacial score (nSPS) is 11.1. The van der Waals surface area contributed by atoms with Crippen LogP contribution in [0.15, 0.2) is 79.8 Å². The number of phenolic OH excluding ortho intramolecular Hbond substituents is 2. The second-order valence-corrected chi connectivity index (χ2v) is 7.89. The van der Waals surface area contributed by atoms with E-state index in [0.717, 1.165) is 8.95 Å². The van der Waals surface area contributed by atoms with E-state index in [4.69, 9.17) is 0 Å². The topological polar surface area (TPSA) is 106 Å². The molecule has 3 rings (SSSR count). The van der Waals surface area contributed by atoms with Gasteiger partial charge in [-0.1, -0.05) is 37.9 Å². The highest BCUT2D eigenvalue weighted by Gasteiger charge is 2.06. The van der Waals surface area contributed by atoms with Crippen LogP contribution in [0.4, 0.5) is 5.69 Å². The van der Waals surface area contributed by atoms with Crippen molar-refractivity contribution < 1.29 is 15.0 Å². The third-order valence-corrected chi connectivity index (χ3v) is 4.86. The fraction of sp³-hybridized carbons (Fsp3) is 0. The molecule has 0 fully saturated rings. The third kappa shape index (κ3) is 5.91. The minimum absolute atomic E-state index is 0.0525. The average molecular weight is 532 g/mol. The summed E-state index contributed by atoms with van der Waals surface area (Å²) in [5.41, 5.74) is 7.19. The van der Waals surface area contributed by atoms with Crippen molar-refractivity contribution in [3.63, 3.8) is 0 Å². The van der Waals surface area contributed by atoms with E-state index in [1.54, 1.807) is 54.6 Å². The molecular weight excluding hydrogens is 516 g/mol. The number of benzene rings is 3. The number of phenols is 2. The molecule has 0 saturated heterocycles. The van der Waals surface area contributed by atoms with Gasteiger partial charge in [0, 0.05) is 25.6 Å². The van der Waals surface area contributed by atoms with Gasteiger partial charge in [-0.3, -0.25) is 10.2 Å².